The van der Waals surface area contributed by atoms with E-state index in [9.17, 15) is 9.59 Å². The zero-order valence-electron chi connectivity index (χ0n) is 13.0. The van der Waals surface area contributed by atoms with Gasteiger partial charge < -0.3 is 14.9 Å². The Labute approximate surface area is 126 Å². The Hall–Kier alpha value is -2.04. The van der Waals surface area contributed by atoms with Crippen LogP contribution in [0.3, 0.4) is 0 Å². The summed E-state index contributed by atoms with van der Waals surface area (Å²) in [5.41, 5.74) is 2.20. The number of hydrogen-bond acceptors (Lipinski definition) is 3. The van der Waals surface area contributed by atoms with Crippen molar-refractivity contribution in [2.75, 3.05) is 32.1 Å². The number of carboxylic acid groups (broad SMARTS) is 1. The van der Waals surface area contributed by atoms with Crippen molar-refractivity contribution in [3.8, 4) is 0 Å². The predicted molar refractivity (Wildman–Crippen MR) is 83.6 cm³/mol. The van der Waals surface area contributed by atoms with Gasteiger partial charge in [0.05, 0.1) is 0 Å². The van der Waals surface area contributed by atoms with E-state index in [1.54, 1.807) is 0 Å². The monoisotopic (exact) mass is 292 g/mol. The van der Waals surface area contributed by atoms with Gasteiger partial charge in [-0.25, -0.2) is 0 Å². The first-order chi connectivity index (χ1) is 9.93. The van der Waals surface area contributed by atoms with Crippen molar-refractivity contribution in [1.29, 1.82) is 0 Å². The van der Waals surface area contributed by atoms with E-state index in [4.69, 9.17) is 5.11 Å². The number of benzene rings is 1. The van der Waals surface area contributed by atoms with Crippen LogP contribution in [-0.4, -0.2) is 49.1 Å². The zero-order chi connectivity index (χ0) is 15.8. The normalized spacial score (nSPS) is 10.2. The van der Waals surface area contributed by atoms with Crippen molar-refractivity contribution in [1.82, 2.24) is 4.90 Å². The van der Waals surface area contributed by atoms with E-state index in [0.29, 0.717) is 19.4 Å². The van der Waals surface area contributed by atoms with Gasteiger partial charge in [-0.1, -0.05) is 19.1 Å². The van der Waals surface area contributed by atoms with Gasteiger partial charge in [-0.05, 0) is 30.5 Å². The maximum atomic E-state index is 12.1. The number of carbonyl (C=O) groups is 2. The molecule has 0 aliphatic heterocycles. The number of carboxylic acids is 1. The predicted octanol–water partition coefficient (Wildman–Crippen LogP) is 2.01. The third-order valence-electron chi connectivity index (χ3n) is 3.25. The lowest BCUT2D eigenvalue weighted by Gasteiger charge is -2.20. The van der Waals surface area contributed by atoms with Crippen molar-refractivity contribution >= 4 is 17.6 Å². The lowest BCUT2D eigenvalue weighted by atomic mass is 10.1. The first kappa shape index (κ1) is 17.0. The lowest BCUT2D eigenvalue weighted by molar-refractivity contribution is -0.144. The molecule has 0 radical (unpaired) electrons. The number of anilines is 1. The Kier molecular flexibility index (Phi) is 6.72. The van der Waals surface area contributed by atoms with Crippen molar-refractivity contribution in [2.45, 2.75) is 26.2 Å². The smallest absolute Gasteiger partial charge is 0.323 e. The molecule has 116 valence electrons. The third-order valence-corrected chi connectivity index (χ3v) is 3.25. The maximum Gasteiger partial charge on any atom is 0.323 e. The molecule has 1 amide bonds. The molecule has 0 atom stereocenters. The van der Waals surface area contributed by atoms with Crippen LogP contribution in [0.25, 0.3) is 0 Å². The van der Waals surface area contributed by atoms with E-state index >= 15 is 0 Å². The minimum Gasteiger partial charge on any atom is -0.480 e. The Bertz CT molecular complexity index is 469. The minimum absolute atomic E-state index is 0.101. The molecule has 0 heterocycles. The van der Waals surface area contributed by atoms with Crippen LogP contribution in [0.5, 0.6) is 0 Å². The van der Waals surface area contributed by atoms with E-state index in [1.165, 1.54) is 4.90 Å². The Morgan fingerprint density at radius 1 is 1.14 bits per heavy atom. The van der Waals surface area contributed by atoms with Gasteiger partial charge in [-0.15, -0.1) is 0 Å². The van der Waals surface area contributed by atoms with Gasteiger partial charge in [-0.3, -0.25) is 9.59 Å². The van der Waals surface area contributed by atoms with Crippen LogP contribution in [0, 0.1) is 0 Å². The molecule has 0 spiro atoms. The molecule has 5 heteroatoms. The van der Waals surface area contributed by atoms with E-state index in [1.807, 2.05) is 50.2 Å². The molecule has 0 saturated carbocycles. The lowest BCUT2D eigenvalue weighted by Crippen LogP contribution is -2.36. The summed E-state index contributed by atoms with van der Waals surface area (Å²) in [5.74, 6) is -1.07. The summed E-state index contributed by atoms with van der Waals surface area (Å²) >= 11 is 0. The first-order valence-electron chi connectivity index (χ1n) is 7.20. The summed E-state index contributed by atoms with van der Waals surface area (Å²) in [6.45, 7) is 2.21. The molecule has 21 heavy (non-hydrogen) atoms. The molecule has 0 aromatic heterocycles. The van der Waals surface area contributed by atoms with Gasteiger partial charge in [0.25, 0.3) is 0 Å². The molecule has 0 fully saturated rings. The molecule has 1 aromatic rings. The second kappa shape index (κ2) is 8.29. The SMILES string of the molecule is CCCN(CC(=O)O)C(=O)CCc1ccc(N(C)C)cc1. The Balaban J connectivity index is 2.55. The van der Waals surface area contributed by atoms with Gasteiger partial charge >= 0.3 is 5.97 Å². The Morgan fingerprint density at radius 2 is 1.76 bits per heavy atom. The van der Waals surface area contributed by atoms with Crippen LogP contribution in [0.2, 0.25) is 0 Å². The summed E-state index contributed by atoms with van der Waals surface area (Å²) in [5, 5.41) is 8.83. The fourth-order valence-electron chi connectivity index (χ4n) is 2.10. The number of hydrogen-bond donors (Lipinski definition) is 1. The minimum atomic E-state index is -0.966. The van der Waals surface area contributed by atoms with Crippen molar-refractivity contribution < 1.29 is 14.7 Å². The fourth-order valence-corrected chi connectivity index (χ4v) is 2.10. The largest absolute Gasteiger partial charge is 0.480 e. The molecular formula is C16H24N2O3. The first-order valence-corrected chi connectivity index (χ1v) is 7.20. The highest BCUT2D eigenvalue weighted by Crippen LogP contribution is 2.13. The van der Waals surface area contributed by atoms with Crippen LogP contribution in [0.4, 0.5) is 5.69 Å². The number of rotatable bonds is 8. The molecule has 1 N–H and O–H groups in total. The van der Waals surface area contributed by atoms with Gasteiger partial charge in [0, 0.05) is 32.7 Å². The van der Waals surface area contributed by atoms with E-state index < -0.39 is 5.97 Å². The van der Waals surface area contributed by atoms with Crippen LogP contribution >= 0.6 is 0 Å². The van der Waals surface area contributed by atoms with Crippen LogP contribution in [-0.2, 0) is 16.0 Å². The van der Waals surface area contributed by atoms with Gasteiger partial charge in [-0.2, -0.15) is 0 Å². The number of aryl methyl sites for hydroxylation is 1. The van der Waals surface area contributed by atoms with Crippen molar-refractivity contribution in [2.24, 2.45) is 0 Å². The highest BCUT2D eigenvalue weighted by molar-refractivity contribution is 5.81. The summed E-state index contributed by atoms with van der Waals surface area (Å²) in [6, 6.07) is 8.04. The third kappa shape index (κ3) is 5.85. The van der Waals surface area contributed by atoms with Crippen molar-refractivity contribution in [3.63, 3.8) is 0 Å². The van der Waals surface area contributed by atoms with E-state index in [2.05, 4.69) is 0 Å². The summed E-state index contributed by atoms with van der Waals surface area (Å²) in [4.78, 5) is 26.3. The Morgan fingerprint density at radius 3 is 2.24 bits per heavy atom. The van der Waals surface area contributed by atoms with E-state index in [-0.39, 0.29) is 12.5 Å². The fraction of sp³-hybridized carbons (Fsp3) is 0.500. The molecule has 0 bridgehead atoms. The quantitative estimate of drug-likeness (QED) is 0.796. The number of carbonyl (C=O) groups excluding carboxylic acids is 1. The highest BCUT2D eigenvalue weighted by Gasteiger charge is 2.15. The maximum absolute atomic E-state index is 12.1. The van der Waals surface area contributed by atoms with Crippen LogP contribution in [0.1, 0.15) is 25.3 Å². The van der Waals surface area contributed by atoms with Crippen LogP contribution < -0.4 is 4.90 Å². The average molecular weight is 292 g/mol. The second-order valence-corrected chi connectivity index (χ2v) is 5.27. The molecule has 0 aliphatic carbocycles. The number of amides is 1. The number of nitrogens with zero attached hydrogens (tertiary/aromatic N) is 2. The average Bonchev–Trinajstić information content (AvgIpc) is 2.44. The second-order valence-electron chi connectivity index (χ2n) is 5.27. The van der Waals surface area contributed by atoms with Crippen LogP contribution in [0.15, 0.2) is 24.3 Å². The van der Waals surface area contributed by atoms with Gasteiger partial charge in [0.1, 0.15) is 6.54 Å². The zero-order valence-corrected chi connectivity index (χ0v) is 13.0. The summed E-state index contributed by atoms with van der Waals surface area (Å²) in [6.07, 6.45) is 1.73. The molecule has 1 aromatic carbocycles. The van der Waals surface area contributed by atoms with Gasteiger partial charge in [0.15, 0.2) is 0 Å². The highest BCUT2D eigenvalue weighted by atomic mass is 16.4. The number of aliphatic carboxylic acids is 1. The van der Waals surface area contributed by atoms with Crippen molar-refractivity contribution in [3.05, 3.63) is 29.8 Å². The molecule has 1 rings (SSSR count). The molecule has 0 unspecified atom stereocenters. The topological polar surface area (TPSA) is 60.9 Å². The summed E-state index contributed by atoms with van der Waals surface area (Å²) in [7, 11) is 3.96. The molecular weight excluding hydrogens is 268 g/mol. The summed E-state index contributed by atoms with van der Waals surface area (Å²) < 4.78 is 0. The standard InChI is InChI=1S/C16H24N2O3/c1-4-11-18(12-16(20)21)15(19)10-7-13-5-8-14(9-6-13)17(2)3/h5-6,8-9H,4,7,10-12H2,1-3H3,(H,20,21). The molecule has 0 aliphatic rings. The van der Waals surface area contributed by atoms with E-state index in [0.717, 1.165) is 17.7 Å². The molecule has 0 saturated heterocycles. The molecule has 5 nitrogen and oxygen atoms in total. The van der Waals surface area contributed by atoms with Gasteiger partial charge in [0.2, 0.25) is 5.91 Å².